The van der Waals surface area contributed by atoms with Gasteiger partial charge in [0.15, 0.2) is 0 Å². The van der Waals surface area contributed by atoms with Gasteiger partial charge in [-0.05, 0) is 6.42 Å². The normalized spacial score (nSPS) is 10.4. The van der Waals surface area contributed by atoms with E-state index in [-0.39, 0.29) is 5.41 Å². The fraction of sp³-hybridized carbons (Fsp3) is 0.714. The highest BCUT2D eigenvalue weighted by Crippen LogP contribution is 2.21. The summed E-state index contributed by atoms with van der Waals surface area (Å²) in [6.45, 7) is 6.00. The van der Waals surface area contributed by atoms with Crippen molar-refractivity contribution in [1.29, 1.82) is 5.26 Å². The Kier molecular flexibility index (Phi) is 2.80. The van der Waals surface area contributed by atoms with E-state index in [9.17, 15) is 0 Å². The van der Waals surface area contributed by atoms with Crippen molar-refractivity contribution in [2.45, 2.75) is 27.2 Å². The average Bonchev–Trinajstić information content (AvgIpc) is 1.86. The van der Waals surface area contributed by atoms with Gasteiger partial charge in [0.2, 0.25) is 0 Å². The van der Waals surface area contributed by atoms with E-state index in [2.05, 4.69) is 0 Å². The molecule has 0 radical (unpaired) electrons. The summed E-state index contributed by atoms with van der Waals surface area (Å²) in [6, 6.07) is 1.99. The maximum Gasteiger partial charge on any atom is 0.107 e. The highest BCUT2D eigenvalue weighted by atomic mass is 32.1. The van der Waals surface area contributed by atoms with Crippen LogP contribution in [-0.2, 0) is 0 Å². The van der Waals surface area contributed by atoms with Gasteiger partial charge in [-0.25, -0.2) is 0 Å². The Morgan fingerprint density at radius 3 is 2.22 bits per heavy atom. The predicted octanol–water partition coefficient (Wildman–Crippen LogP) is 2.32. The van der Waals surface area contributed by atoms with Gasteiger partial charge in [-0.2, -0.15) is 5.26 Å². The number of nitriles is 1. The third-order valence-electron chi connectivity index (χ3n) is 1.60. The zero-order valence-corrected chi connectivity index (χ0v) is 6.88. The van der Waals surface area contributed by atoms with Crippen LogP contribution in [0, 0.1) is 16.7 Å². The first-order valence-electron chi connectivity index (χ1n) is 2.99. The zero-order valence-electron chi connectivity index (χ0n) is 6.06. The van der Waals surface area contributed by atoms with Crippen LogP contribution >= 0.6 is 12.2 Å². The van der Waals surface area contributed by atoms with Crippen molar-refractivity contribution in [3.63, 3.8) is 0 Å². The van der Waals surface area contributed by atoms with Crippen LogP contribution in [0.15, 0.2) is 0 Å². The molecule has 0 aromatic heterocycles. The standard InChI is InChI=1S/C7H11NS/c1-4-7(2,3)6(9)5-8/h4H2,1-3H3. The second-order valence-electron chi connectivity index (χ2n) is 2.68. The van der Waals surface area contributed by atoms with E-state index in [1.165, 1.54) is 0 Å². The minimum Gasteiger partial charge on any atom is -0.192 e. The van der Waals surface area contributed by atoms with Crippen LogP contribution in [0.25, 0.3) is 0 Å². The quantitative estimate of drug-likeness (QED) is 0.551. The second-order valence-corrected chi connectivity index (χ2v) is 3.09. The molecule has 0 bridgehead atoms. The van der Waals surface area contributed by atoms with E-state index >= 15 is 0 Å². The maximum absolute atomic E-state index is 8.41. The number of hydrogen-bond donors (Lipinski definition) is 0. The first-order valence-corrected chi connectivity index (χ1v) is 3.40. The van der Waals surface area contributed by atoms with Gasteiger partial charge in [-0.15, -0.1) is 0 Å². The van der Waals surface area contributed by atoms with E-state index in [4.69, 9.17) is 17.5 Å². The summed E-state index contributed by atoms with van der Waals surface area (Å²) in [5, 5.41) is 8.41. The van der Waals surface area contributed by atoms with Crippen molar-refractivity contribution in [3.8, 4) is 6.07 Å². The van der Waals surface area contributed by atoms with Crippen LogP contribution in [0.2, 0.25) is 0 Å². The predicted molar refractivity (Wildman–Crippen MR) is 42.3 cm³/mol. The Labute approximate surface area is 61.7 Å². The van der Waals surface area contributed by atoms with Gasteiger partial charge < -0.3 is 0 Å². The van der Waals surface area contributed by atoms with E-state index in [0.717, 1.165) is 6.42 Å². The molecule has 0 N–H and O–H groups in total. The molecule has 9 heavy (non-hydrogen) atoms. The van der Waals surface area contributed by atoms with E-state index in [1.54, 1.807) is 0 Å². The van der Waals surface area contributed by atoms with Crippen molar-refractivity contribution in [2.24, 2.45) is 5.41 Å². The minimum absolute atomic E-state index is 0.0793. The molecular weight excluding hydrogens is 130 g/mol. The molecule has 0 fully saturated rings. The summed E-state index contributed by atoms with van der Waals surface area (Å²) in [5.41, 5.74) is -0.0793. The summed E-state index contributed by atoms with van der Waals surface area (Å²) in [6.07, 6.45) is 0.930. The Bertz CT molecular complexity index is 153. The Balaban J connectivity index is 4.19. The van der Waals surface area contributed by atoms with E-state index in [1.807, 2.05) is 26.8 Å². The molecule has 0 amide bonds. The maximum atomic E-state index is 8.41. The molecule has 0 aromatic rings. The van der Waals surface area contributed by atoms with Gasteiger partial charge in [0, 0.05) is 5.41 Å². The number of thiocarbonyl (C=S) groups is 1. The van der Waals surface area contributed by atoms with E-state index in [0.29, 0.717) is 4.86 Å². The molecule has 0 aromatic carbocycles. The van der Waals surface area contributed by atoms with Gasteiger partial charge in [0.25, 0.3) is 0 Å². The number of hydrogen-bond acceptors (Lipinski definition) is 2. The summed E-state index contributed by atoms with van der Waals surface area (Å²) >= 11 is 4.83. The average molecular weight is 141 g/mol. The summed E-state index contributed by atoms with van der Waals surface area (Å²) in [4.78, 5) is 0.505. The molecule has 0 aliphatic rings. The SMILES string of the molecule is CCC(C)(C)C(=S)C#N. The topological polar surface area (TPSA) is 23.8 Å². The Morgan fingerprint density at radius 1 is 1.67 bits per heavy atom. The molecule has 2 heteroatoms. The van der Waals surface area contributed by atoms with Crippen LogP contribution < -0.4 is 0 Å². The smallest absolute Gasteiger partial charge is 0.107 e. The van der Waals surface area contributed by atoms with Crippen molar-refractivity contribution in [2.75, 3.05) is 0 Å². The third-order valence-corrected chi connectivity index (χ3v) is 2.24. The summed E-state index contributed by atoms with van der Waals surface area (Å²) in [5.74, 6) is 0. The van der Waals surface area contributed by atoms with E-state index < -0.39 is 0 Å². The lowest BCUT2D eigenvalue weighted by Gasteiger charge is -2.17. The van der Waals surface area contributed by atoms with Crippen molar-refractivity contribution in [3.05, 3.63) is 0 Å². The molecular formula is C7H11NS. The molecule has 0 rings (SSSR count). The number of nitrogens with zero attached hydrogens (tertiary/aromatic N) is 1. The molecule has 1 nitrogen and oxygen atoms in total. The van der Waals surface area contributed by atoms with Gasteiger partial charge in [0.1, 0.15) is 6.07 Å². The Hall–Kier alpha value is -0.420. The molecule has 0 heterocycles. The lowest BCUT2D eigenvalue weighted by molar-refractivity contribution is 0.514. The molecule has 50 valence electrons. The first-order chi connectivity index (χ1) is 4.04. The molecule has 0 saturated carbocycles. The van der Waals surface area contributed by atoms with Gasteiger partial charge >= 0.3 is 0 Å². The van der Waals surface area contributed by atoms with Gasteiger partial charge in [0.05, 0.1) is 4.86 Å². The largest absolute Gasteiger partial charge is 0.192 e. The summed E-state index contributed by atoms with van der Waals surface area (Å²) in [7, 11) is 0. The molecule has 0 atom stereocenters. The zero-order chi connectivity index (χ0) is 7.49. The van der Waals surface area contributed by atoms with Crippen molar-refractivity contribution in [1.82, 2.24) is 0 Å². The van der Waals surface area contributed by atoms with Crippen LogP contribution in [0.3, 0.4) is 0 Å². The van der Waals surface area contributed by atoms with Crippen LogP contribution in [0.1, 0.15) is 27.2 Å². The Morgan fingerprint density at radius 2 is 2.11 bits per heavy atom. The fourth-order valence-corrected chi connectivity index (χ4v) is 0.456. The minimum atomic E-state index is -0.0793. The molecule has 0 saturated heterocycles. The third kappa shape index (κ3) is 2.11. The highest BCUT2D eigenvalue weighted by Gasteiger charge is 2.20. The number of rotatable bonds is 2. The van der Waals surface area contributed by atoms with Crippen molar-refractivity contribution < 1.29 is 0 Å². The first kappa shape index (κ1) is 8.58. The van der Waals surface area contributed by atoms with Gasteiger partial charge in [-0.3, -0.25) is 0 Å². The second kappa shape index (κ2) is 2.93. The fourth-order valence-electron chi connectivity index (χ4n) is 0.312. The van der Waals surface area contributed by atoms with Gasteiger partial charge in [-0.1, -0.05) is 33.0 Å². The van der Waals surface area contributed by atoms with Crippen LogP contribution in [0.5, 0.6) is 0 Å². The van der Waals surface area contributed by atoms with Crippen LogP contribution in [0.4, 0.5) is 0 Å². The lowest BCUT2D eigenvalue weighted by atomic mass is 9.87. The molecule has 0 unspecified atom stereocenters. The molecule has 0 aliphatic carbocycles. The van der Waals surface area contributed by atoms with Crippen LogP contribution in [-0.4, -0.2) is 4.86 Å². The molecule has 0 aliphatic heterocycles. The van der Waals surface area contributed by atoms with Crippen molar-refractivity contribution >= 4 is 17.1 Å². The summed E-state index contributed by atoms with van der Waals surface area (Å²) < 4.78 is 0. The highest BCUT2D eigenvalue weighted by molar-refractivity contribution is 7.81. The molecule has 0 spiro atoms. The lowest BCUT2D eigenvalue weighted by Crippen LogP contribution is -2.19. The monoisotopic (exact) mass is 141 g/mol.